The zero-order valence-corrected chi connectivity index (χ0v) is 5.84. The van der Waals surface area contributed by atoms with Gasteiger partial charge >= 0.3 is 0 Å². The molecule has 0 saturated carbocycles. The lowest BCUT2D eigenvalue weighted by Gasteiger charge is -1.94. The number of hydrogen-bond acceptors (Lipinski definition) is 3. The highest BCUT2D eigenvalue weighted by atomic mass is 16.3. The summed E-state index contributed by atoms with van der Waals surface area (Å²) in [6, 6.07) is 0. The van der Waals surface area contributed by atoms with Gasteiger partial charge in [-0.3, -0.25) is 0 Å². The van der Waals surface area contributed by atoms with Gasteiger partial charge in [-0.05, 0) is 0 Å². The van der Waals surface area contributed by atoms with Crippen molar-refractivity contribution in [1.29, 1.82) is 0 Å². The van der Waals surface area contributed by atoms with Gasteiger partial charge in [0.15, 0.2) is 6.39 Å². The summed E-state index contributed by atoms with van der Waals surface area (Å²) >= 11 is 0. The minimum atomic E-state index is 0.694. The van der Waals surface area contributed by atoms with E-state index in [0.29, 0.717) is 6.54 Å². The Morgan fingerprint density at radius 3 is 3.09 bits per heavy atom. The van der Waals surface area contributed by atoms with E-state index in [-0.39, 0.29) is 0 Å². The van der Waals surface area contributed by atoms with Crippen LogP contribution in [0.15, 0.2) is 35.7 Å². The van der Waals surface area contributed by atoms with Gasteiger partial charge in [0.2, 0.25) is 0 Å². The molecule has 2 heterocycles. The van der Waals surface area contributed by atoms with E-state index in [4.69, 9.17) is 4.42 Å². The third kappa shape index (κ3) is 1.29. The highest BCUT2D eigenvalue weighted by molar-refractivity contribution is 4.90. The first-order chi connectivity index (χ1) is 5.45. The van der Waals surface area contributed by atoms with Crippen molar-refractivity contribution < 1.29 is 4.42 Å². The second-order valence-electron chi connectivity index (χ2n) is 2.20. The summed E-state index contributed by atoms with van der Waals surface area (Å²) in [6.45, 7) is 0.694. The fourth-order valence-corrected chi connectivity index (χ4v) is 0.880. The van der Waals surface area contributed by atoms with Gasteiger partial charge < -0.3 is 8.98 Å². The molecule has 0 fully saturated rings. The monoisotopic (exact) mass is 149 g/mol. The highest BCUT2D eigenvalue weighted by Crippen LogP contribution is 1.99. The zero-order chi connectivity index (χ0) is 7.52. The largest absolute Gasteiger partial charge is 0.447 e. The van der Waals surface area contributed by atoms with Crippen molar-refractivity contribution >= 4 is 0 Å². The Hall–Kier alpha value is -1.58. The molecule has 0 N–H and O–H groups in total. The maximum absolute atomic E-state index is 5.05. The van der Waals surface area contributed by atoms with Gasteiger partial charge in [0.1, 0.15) is 5.76 Å². The van der Waals surface area contributed by atoms with Crippen molar-refractivity contribution in [3.63, 3.8) is 0 Å². The fourth-order valence-electron chi connectivity index (χ4n) is 0.880. The first-order valence-corrected chi connectivity index (χ1v) is 3.28. The molecular formula is C7H7N3O. The summed E-state index contributed by atoms with van der Waals surface area (Å²) in [4.78, 5) is 7.71. The number of rotatable bonds is 2. The van der Waals surface area contributed by atoms with E-state index in [0.717, 1.165) is 5.76 Å². The molecule has 0 spiro atoms. The second-order valence-corrected chi connectivity index (χ2v) is 2.20. The number of aromatic nitrogens is 3. The molecule has 0 atom stereocenters. The quantitative estimate of drug-likeness (QED) is 0.637. The Morgan fingerprint density at radius 1 is 1.45 bits per heavy atom. The summed E-state index contributed by atoms with van der Waals surface area (Å²) in [5.41, 5.74) is 0. The van der Waals surface area contributed by atoms with Gasteiger partial charge in [-0.25, -0.2) is 9.97 Å². The fraction of sp³-hybridized carbons (Fsp3) is 0.143. The molecule has 2 aromatic heterocycles. The van der Waals surface area contributed by atoms with Crippen molar-refractivity contribution in [3.8, 4) is 0 Å². The lowest BCUT2D eigenvalue weighted by atomic mass is 10.5. The van der Waals surface area contributed by atoms with Gasteiger partial charge in [0, 0.05) is 12.4 Å². The molecule has 2 rings (SSSR count). The van der Waals surface area contributed by atoms with Crippen molar-refractivity contribution in [3.05, 3.63) is 37.1 Å². The Kier molecular flexibility index (Phi) is 1.44. The van der Waals surface area contributed by atoms with Crippen molar-refractivity contribution in [2.24, 2.45) is 0 Å². The molecule has 0 aliphatic heterocycles. The average molecular weight is 149 g/mol. The lowest BCUT2D eigenvalue weighted by Crippen LogP contribution is -1.93. The molecule has 0 radical (unpaired) electrons. The summed E-state index contributed by atoms with van der Waals surface area (Å²) in [5, 5.41) is 0. The lowest BCUT2D eigenvalue weighted by molar-refractivity contribution is 0.488. The van der Waals surface area contributed by atoms with Gasteiger partial charge in [0.05, 0.1) is 19.1 Å². The number of imidazole rings is 1. The summed E-state index contributed by atoms with van der Waals surface area (Å²) in [5.74, 6) is 0.836. The van der Waals surface area contributed by atoms with Crippen LogP contribution >= 0.6 is 0 Å². The summed E-state index contributed by atoms with van der Waals surface area (Å²) in [7, 11) is 0. The van der Waals surface area contributed by atoms with E-state index in [1.165, 1.54) is 6.39 Å². The van der Waals surface area contributed by atoms with Gasteiger partial charge in [-0.2, -0.15) is 0 Å². The summed E-state index contributed by atoms with van der Waals surface area (Å²) < 4.78 is 6.96. The van der Waals surface area contributed by atoms with Crippen LogP contribution in [0.1, 0.15) is 5.76 Å². The standard InChI is InChI=1S/C7H7N3O/c1-2-10(5-8-1)4-7-3-9-6-11-7/h1-3,5-6H,4H2. The predicted molar refractivity (Wildman–Crippen MR) is 37.8 cm³/mol. The maximum Gasteiger partial charge on any atom is 0.180 e. The highest BCUT2D eigenvalue weighted by Gasteiger charge is 1.95. The SMILES string of the molecule is c1cn(Cc2cnco2)cn1. The molecule has 0 saturated heterocycles. The molecule has 0 amide bonds. The van der Waals surface area contributed by atoms with Crippen LogP contribution in [-0.4, -0.2) is 14.5 Å². The predicted octanol–water partition coefficient (Wildman–Crippen LogP) is 0.919. The number of oxazole rings is 1. The molecular weight excluding hydrogens is 142 g/mol. The van der Waals surface area contributed by atoms with Crippen LogP contribution in [0, 0.1) is 0 Å². The Bertz CT molecular complexity index is 266. The Labute approximate surface area is 63.5 Å². The molecule has 0 aromatic carbocycles. The molecule has 0 bridgehead atoms. The van der Waals surface area contributed by atoms with Crippen LogP contribution in [0.2, 0.25) is 0 Å². The minimum Gasteiger partial charge on any atom is -0.447 e. The van der Waals surface area contributed by atoms with Gasteiger partial charge in [-0.15, -0.1) is 0 Å². The van der Waals surface area contributed by atoms with Crippen LogP contribution in [0.25, 0.3) is 0 Å². The van der Waals surface area contributed by atoms with Crippen molar-refractivity contribution in [2.75, 3.05) is 0 Å². The molecule has 0 aliphatic rings. The van der Waals surface area contributed by atoms with E-state index >= 15 is 0 Å². The van der Waals surface area contributed by atoms with E-state index in [1.54, 1.807) is 18.7 Å². The normalized spacial score (nSPS) is 10.2. The molecule has 0 unspecified atom stereocenters. The molecule has 2 aromatic rings. The van der Waals surface area contributed by atoms with Gasteiger partial charge in [-0.1, -0.05) is 0 Å². The first-order valence-electron chi connectivity index (χ1n) is 3.28. The number of nitrogens with zero attached hydrogens (tertiary/aromatic N) is 3. The summed E-state index contributed by atoms with van der Waals surface area (Å²) in [6.07, 6.45) is 8.47. The zero-order valence-electron chi connectivity index (χ0n) is 5.84. The van der Waals surface area contributed by atoms with E-state index in [9.17, 15) is 0 Å². The minimum absolute atomic E-state index is 0.694. The molecule has 4 heteroatoms. The van der Waals surface area contributed by atoms with Crippen molar-refractivity contribution in [1.82, 2.24) is 14.5 Å². The Morgan fingerprint density at radius 2 is 2.45 bits per heavy atom. The first kappa shape index (κ1) is 6.15. The van der Waals surface area contributed by atoms with Crippen LogP contribution in [-0.2, 0) is 6.54 Å². The van der Waals surface area contributed by atoms with E-state index in [2.05, 4.69) is 9.97 Å². The van der Waals surface area contributed by atoms with Crippen LogP contribution in [0.5, 0.6) is 0 Å². The molecule has 56 valence electrons. The molecule has 0 aliphatic carbocycles. The maximum atomic E-state index is 5.05. The third-order valence-electron chi connectivity index (χ3n) is 1.38. The topological polar surface area (TPSA) is 43.9 Å². The van der Waals surface area contributed by atoms with E-state index in [1.807, 2.05) is 10.8 Å². The van der Waals surface area contributed by atoms with E-state index < -0.39 is 0 Å². The van der Waals surface area contributed by atoms with Crippen LogP contribution < -0.4 is 0 Å². The number of hydrogen-bond donors (Lipinski definition) is 0. The van der Waals surface area contributed by atoms with Crippen LogP contribution in [0.4, 0.5) is 0 Å². The molecule has 4 nitrogen and oxygen atoms in total. The van der Waals surface area contributed by atoms with Crippen LogP contribution in [0.3, 0.4) is 0 Å². The third-order valence-corrected chi connectivity index (χ3v) is 1.38. The second kappa shape index (κ2) is 2.57. The molecule has 11 heavy (non-hydrogen) atoms. The Balaban J connectivity index is 2.14. The average Bonchev–Trinajstić information content (AvgIpc) is 2.60. The smallest absolute Gasteiger partial charge is 0.180 e. The van der Waals surface area contributed by atoms with Gasteiger partial charge in [0.25, 0.3) is 0 Å². The van der Waals surface area contributed by atoms with Crippen molar-refractivity contribution in [2.45, 2.75) is 6.54 Å².